The lowest BCUT2D eigenvalue weighted by molar-refractivity contribution is -0.0276. The van der Waals surface area contributed by atoms with Gasteiger partial charge in [-0.2, -0.15) is 0 Å². The maximum Gasteiger partial charge on any atom is 0.161 e. The second-order valence-electron chi connectivity index (χ2n) is 4.51. The Bertz CT molecular complexity index is 211. The summed E-state index contributed by atoms with van der Waals surface area (Å²) in [5.41, 5.74) is 1.12. The zero-order chi connectivity index (χ0) is 10.7. The lowest BCUT2D eigenvalue weighted by Crippen LogP contribution is -2.32. The minimum absolute atomic E-state index is 0.131. The van der Waals surface area contributed by atoms with Crippen molar-refractivity contribution in [3.8, 4) is 0 Å². The standard InChI is InChI=1S/C11H21NO2/c1-5-9-10(6-7(2)3)12-14-11(9)8(4)13/h7-9,11,13H,5-6H2,1-4H3/t8-,9-,11+/m1/s1. The first-order valence-electron chi connectivity index (χ1n) is 5.46. The third-order valence-electron chi connectivity index (χ3n) is 2.65. The van der Waals surface area contributed by atoms with Gasteiger partial charge in [0.1, 0.15) is 0 Å². The maximum absolute atomic E-state index is 9.51. The van der Waals surface area contributed by atoms with Crippen LogP contribution in [-0.4, -0.2) is 23.0 Å². The maximum atomic E-state index is 9.51. The lowest BCUT2D eigenvalue weighted by Gasteiger charge is -2.20. The molecule has 1 aliphatic heterocycles. The van der Waals surface area contributed by atoms with Crippen LogP contribution in [0.2, 0.25) is 0 Å². The van der Waals surface area contributed by atoms with Crippen molar-refractivity contribution in [3.63, 3.8) is 0 Å². The zero-order valence-electron chi connectivity index (χ0n) is 9.53. The SMILES string of the molecule is CC[C@@H]1C(CC(C)C)=NO[C@H]1[C@@H](C)O. The average Bonchev–Trinajstić information content (AvgIpc) is 2.46. The molecule has 0 aromatic heterocycles. The fraction of sp³-hybridized carbons (Fsp3) is 0.909. The van der Waals surface area contributed by atoms with Crippen molar-refractivity contribution in [3.05, 3.63) is 0 Å². The summed E-state index contributed by atoms with van der Waals surface area (Å²) in [6.07, 6.45) is 1.39. The summed E-state index contributed by atoms with van der Waals surface area (Å²) in [5, 5.41) is 13.6. The molecule has 0 saturated heterocycles. The Labute approximate surface area is 86.1 Å². The van der Waals surface area contributed by atoms with E-state index in [1.807, 2.05) is 0 Å². The third kappa shape index (κ3) is 2.47. The van der Waals surface area contributed by atoms with E-state index in [1.165, 1.54) is 0 Å². The first-order chi connectivity index (χ1) is 6.56. The van der Waals surface area contributed by atoms with E-state index in [-0.39, 0.29) is 6.10 Å². The van der Waals surface area contributed by atoms with Crippen LogP contribution in [0.15, 0.2) is 5.16 Å². The van der Waals surface area contributed by atoms with E-state index in [9.17, 15) is 5.11 Å². The largest absolute Gasteiger partial charge is 0.389 e. The fourth-order valence-electron chi connectivity index (χ4n) is 1.96. The Hall–Kier alpha value is -0.570. The van der Waals surface area contributed by atoms with Crippen LogP contribution in [0.4, 0.5) is 0 Å². The molecule has 0 saturated carbocycles. The van der Waals surface area contributed by atoms with Gasteiger partial charge in [0.2, 0.25) is 0 Å². The van der Waals surface area contributed by atoms with Crippen LogP contribution in [0, 0.1) is 11.8 Å². The second-order valence-corrected chi connectivity index (χ2v) is 4.51. The lowest BCUT2D eigenvalue weighted by atomic mass is 9.88. The number of rotatable bonds is 4. The van der Waals surface area contributed by atoms with Gasteiger partial charge in [-0.25, -0.2) is 0 Å². The van der Waals surface area contributed by atoms with Crippen molar-refractivity contribution in [2.24, 2.45) is 17.0 Å². The fourth-order valence-corrected chi connectivity index (χ4v) is 1.96. The van der Waals surface area contributed by atoms with Gasteiger partial charge in [0.25, 0.3) is 0 Å². The van der Waals surface area contributed by atoms with Crippen molar-refractivity contribution in [2.45, 2.75) is 52.7 Å². The summed E-state index contributed by atoms with van der Waals surface area (Å²) < 4.78 is 0. The quantitative estimate of drug-likeness (QED) is 0.754. The highest BCUT2D eigenvalue weighted by molar-refractivity contribution is 5.88. The molecule has 0 bridgehead atoms. The molecule has 14 heavy (non-hydrogen) atoms. The Morgan fingerprint density at radius 1 is 1.43 bits per heavy atom. The predicted molar refractivity (Wildman–Crippen MR) is 57.2 cm³/mol. The van der Waals surface area contributed by atoms with Crippen LogP contribution in [0.3, 0.4) is 0 Å². The smallest absolute Gasteiger partial charge is 0.161 e. The first-order valence-corrected chi connectivity index (χ1v) is 5.46. The number of nitrogens with zero attached hydrogens (tertiary/aromatic N) is 1. The van der Waals surface area contributed by atoms with E-state index in [2.05, 4.69) is 25.9 Å². The number of hydrogen-bond acceptors (Lipinski definition) is 3. The molecule has 0 spiro atoms. The van der Waals surface area contributed by atoms with Crippen LogP contribution in [0.1, 0.15) is 40.5 Å². The molecule has 0 aromatic carbocycles. The highest BCUT2D eigenvalue weighted by Gasteiger charge is 2.35. The molecule has 3 atom stereocenters. The molecular weight excluding hydrogens is 178 g/mol. The van der Waals surface area contributed by atoms with Gasteiger partial charge in [-0.15, -0.1) is 0 Å². The molecule has 0 aliphatic carbocycles. The minimum atomic E-state index is -0.437. The van der Waals surface area contributed by atoms with E-state index in [1.54, 1.807) is 6.92 Å². The van der Waals surface area contributed by atoms with Crippen molar-refractivity contribution in [1.82, 2.24) is 0 Å². The molecule has 0 amide bonds. The molecule has 0 aromatic rings. The normalized spacial score (nSPS) is 28.9. The van der Waals surface area contributed by atoms with Crippen molar-refractivity contribution in [2.75, 3.05) is 0 Å². The average molecular weight is 199 g/mol. The highest BCUT2D eigenvalue weighted by Crippen LogP contribution is 2.27. The molecule has 82 valence electrons. The Balaban J connectivity index is 2.61. The van der Waals surface area contributed by atoms with Crippen LogP contribution in [0.25, 0.3) is 0 Å². The summed E-state index contributed by atoms with van der Waals surface area (Å²) in [6, 6.07) is 0. The first kappa shape index (κ1) is 11.5. The van der Waals surface area contributed by atoms with Gasteiger partial charge < -0.3 is 9.94 Å². The van der Waals surface area contributed by atoms with Gasteiger partial charge in [0, 0.05) is 5.92 Å². The van der Waals surface area contributed by atoms with E-state index in [0.717, 1.165) is 18.6 Å². The van der Waals surface area contributed by atoms with Crippen LogP contribution < -0.4 is 0 Å². The zero-order valence-corrected chi connectivity index (χ0v) is 9.53. The molecule has 3 nitrogen and oxygen atoms in total. The molecule has 1 aliphatic rings. The second kappa shape index (κ2) is 4.78. The molecule has 0 unspecified atom stereocenters. The van der Waals surface area contributed by atoms with Gasteiger partial charge in [0.05, 0.1) is 11.8 Å². The molecule has 1 N–H and O–H groups in total. The van der Waals surface area contributed by atoms with Crippen LogP contribution >= 0.6 is 0 Å². The van der Waals surface area contributed by atoms with Crippen molar-refractivity contribution >= 4 is 5.71 Å². The molecular formula is C11H21NO2. The van der Waals surface area contributed by atoms with E-state index >= 15 is 0 Å². The van der Waals surface area contributed by atoms with E-state index < -0.39 is 6.10 Å². The number of aliphatic hydroxyl groups is 1. The van der Waals surface area contributed by atoms with Gasteiger partial charge >= 0.3 is 0 Å². The molecule has 0 fully saturated rings. The summed E-state index contributed by atoms with van der Waals surface area (Å²) >= 11 is 0. The van der Waals surface area contributed by atoms with Crippen molar-refractivity contribution in [1.29, 1.82) is 0 Å². The summed E-state index contributed by atoms with van der Waals surface area (Å²) in [7, 11) is 0. The summed E-state index contributed by atoms with van der Waals surface area (Å²) in [4.78, 5) is 5.27. The van der Waals surface area contributed by atoms with E-state index in [0.29, 0.717) is 11.8 Å². The third-order valence-corrected chi connectivity index (χ3v) is 2.65. The molecule has 3 heteroatoms. The topological polar surface area (TPSA) is 41.8 Å². The predicted octanol–water partition coefficient (Wildman–Crippen LogP) is 2.19. The monoisotopic (exact) mass is 199 g/mol. The van der Waals surface area contributed by atoms with Crippen molar-refractivity contribution < 1.29 is 9.94 Å². The summed E-state index contributed by atoms with van der Waals surface area (Å²) in [5.74, 6) is 0.900. The Kier molecular flexibility index (Phi) is 3.93. The Morgan fingerprint density at radius 2 is 2.07 bits per heavy atom. The van der Waals surface area contributed by atoms with E-state index in [4.69, 9.17) is 4.84 Å². The molecule has 1 rings (SSSR count). The van der Waals surface area contributed by atoms with Gasteiger partial charge in [-0.1, -0.05) is 25.9 Å². The Morgan fingerprint density at radius 3 is 2.50 bits per heavy atom. The molecule has 0 radical (unpaired) electrons. The van der Waals surface area contributed by atoms with Gasteiger partial charge in [-0.05, 0) is 25.7 Å². The highest BCUT2D eigenvalue weighted by atomic mass is 16.7. The summed E-state index contributed by atoms with van der Waals surface area (Å²) in [6.45, 7) is 8.22. The minimum Gasteiger partial charge on any atom is -0.389 e. The number of hydrogen-bond donors (Lipinski definition) is 1. The number of oxime groups is 1. The molecule has 1 heterocycles. The number of aliphatic hydroxyl groups excluding tert-OH is 1. The van der Waals surface area contributed by atoms with Gasteiger partial charge in [-0.3, -0.25) is 0 Å². The van der Waals surface area contributed by atoms with Gasteiger partial charge in [0.15, 0.2) is 6.10 Å². The van der Waals surface area contributed by atoms with Crippen LogP contribution in [0.5, 0.6) is 0 Å². The van der Waals surface area contributed by atoms with Crippen LogP contribution in [-0.2, 0) is 4.84 Å².